The maximum Gasteiger partial charge on any atom is 0.411 e. The number of hydrogen-bond acceptors (Lipinski definition) is 5. The second-order valence-corrected chi connectivity index (χ2v) is 8.76. The lowest BCUT2D eigenvalue weighted by atomic mass is 9.84. The van der Waals surface area contributed by atoms with Gasteiger partial charge in [-0.25, -0.2) is 4.79 Å². The van der Waals surface area contributed by atoms with Crippen molar-refractivity contribution >= 4 is 12.3 Å². The molecule has 6 nitrogen and oxygen atoms in total. The summed E-state index contributed by atoms with van der Waals surface area (Å²) in [6, 6.07) is 3.05. The molecule has 0 spiro atoms. The zero-order chi connectivity index (χ0) is 20.5. The van der Waals surface area contributed by atoms with Gasteiger partial charge in [0, 0.05) is 18.8 Å². The number of nitrogens with zero attached hydrogens (tertiary/aromatic N) is 3. The van der Waals surface area contributed by atoms with E-state index < -0.39 is 11.7 Å². The van der Waals surface area contributed by atoms with Crippen LogP contribution in [0.2, 0.25) is 0 Å². The normalized spacial score (nSPS) is 28.1. The van der Waals surface area contributed by atoms with E-state index in [1.165, 1.54) is 0 Å². The fourth-order valence-corrected chi connectivity index (χ4v) is 4.09. The standard InChI is InChI=1S/C22H31N3O3/c1-14-8-6-10-23-19(14)17-12-16(26)13-18(20-15(2)9-7-11-24-20)25(17)21(27)28-22(3,4)5/h6,8-11,16-18,20,26H,7,12-13H2,1-5H3/t16-,17-,18+,20+/m0/s1. The average molecular weight is 386 g/mol. The summed E-state index contributed by atoms with van der Waals surface area (Å²) in [4.78, 5) is 24.3. The average Bonchev–Trinajstić information content (AvgIpc) is 2.60. The first kappa shape index (κ1) is 20.5. The number of pyridine rings is 1. The number of aliphatic hydroxyl groups excluding tert-OH is 1. The van der Waals surface area contributed by atoms with Gasteiger partial charge in [0.25, 0.3) is 0 Å². The summed E-state index contributed by atoms with van der Waals surface area (Å²) in [5.41, 5.74) is 2.31. The summed E-state index contributed by atoms with van der Waals surface area (Å²) < 4.78 is 5.77. The van der Waals surface area contributed by atoms with Crippen molar-refractivity contribution < 1.29 is 14.6 Å². The van der Waals surface area contributed by atoms with Crippen LogP contribution in [0.5, 0.6) is 0 Å². The lowest BCUT2D eigenvalue weighted by molar-refractivity contribution is -0.0346. The summed E-state index contributed by atoms with van der Waals surface area (Å²) in [5, 5.41) is 10.7. The van der Waals surface area contributed by atoms with Crippen LogP contribution in [-0.4, -0.2) is 51.1 Å². The number of carbonyl (C=O) groups is 1. The Bertz CT molecular complexity index is 781. The Hall–Kier alpha value is -2.21. The number of aliphatic hydroxyl groups is 1. The molecular formula is C22H31N3O3. The first-order valence-corrected chi connectivity index (χ1v) is 9.96. The fourth-order valence-electron chi connectivity index (χ4n) is 4.09. The quantitative estimate of drug-likeness (QED) is 0.782. The molecule has 0 saturated carbocycles. The molecule has 0 radical (unpaired) electrons. The van der Waals surface area contributed by atoms with Gasteiger partial charge in [0.2, 0.25) is 0 Å². The number of likely N-dealkylation sites (tertiary alicyclic amines) is 1. The molecule has 1 saturated heterocycles. The molecule has 152 valence electrons. The third-order valence-electron chi connectivity index (χ3n) is 5.31. The summed E-state index contributed by atoms with van der Waals surface area (Å²) in [5.74, 6) is 0. The van der Waals surface area contributed by atoms with E-state index in [0.29, 0.717) is 12.8 Å². The Morgan fingerprint density at radius 2 is 2.04 bits per heavy atom. The number of aliphatic imine (C=N–C) groups is 1. The maximum atomic E-state index is 13.3. The number of rotatable bonds is 2. The molecule has 0 unspecified atom stereocenters. The van der Waals surface area contributed by atoms with Crippen molar-refractivity contribution in [2.75, 3.05) is 0 Å². The van der Waals surface area contributed by atoms with Crippen molar-refractivity contribution in [2.45, 2.75) is 83.7 Å². The molecule has 0 aliphatic carbocycles. The van der Waals surface area contributed by atoms with E-state index in [2.05, 4.69) is 16.1 Å². The van der Waals surface area contributed by atoms with Crippen LogP contribution in [0.1, 0.15) is 64.3 Å². The van der Waals surface area contributed by atoms with Crippen LogP contribution < -0.4 is 0 Å². The Labute approximate surface area is 167 Å². The van der Waals surface area contributed by atoms with Crippen LogP contribution in [0.4, 0.5) is 4.79 Å². The number of aryl methyl sites for hydroxylation is 1. The lowest BCUT2D eigenvalue weighted by Crippen LogP contribution is -2.55. The Kier molecular flexibility index (Phi) is 5.89. The fraction of sp³-hybridized carbons (Fsp3) is 0.591. The van der Waals surface area contributed by atoms with Crippen LogP contribution in [0.15, 0.2) is 35.0 Å². The van der Waals surface area contributed by atoms with Gasteiger partial charge in [-0.3, -0.25) is 14.9 Å². The van der Waals surface area contributed by atoms with E-state index in [1.807, 2.05) is 53.0 Å². The van der Waals surface area contributed by atoms with Gasteiger partial charge in [0.15, 0.2) is 0 Å². The van der Waals surface area contributed by atoms with Gasteiger partial charge in [-0.2, -0.15) is 0 Å². The number of carbonyl (C=O) groups excluding carboxylic acids is 1. The van der Waals surface area contributed by atoms with Crippen molar-refractivity contribution in [1.82, 2.24) is 9.88 Å². The summed E-state index contributed by atoms with van der Waals surface area (Å²) in [6.45, 7) is 9.61. The number of allylic oxidation sites excluding steroid dienone is 1. The minimum Gasteiger partial charge on any atom is -0.444 e. The summed E-state index contributed by atoms with van der Waals surface area (Å²) in [6.07, 6.45) is 6.54. The molecule has 2 aliphatic rings. The van der Waals surface area contributed by atoms with Crippen molar-refractivity contribution in [3.8, 4) is 0 Å². The molecule has 6 heteroatoms. The first-order chi connectivity index (χ1) is 13.2. The van der Waals surface area contributed by atoms with Crippen LogP contribution in [0, 0.1) is 6.92 Å². The number of aromatic nitrogens is 1. The summed E-state index contributed by atoms with van der Waals surface area (Å²) >= 11 is 0. The molecule has 28 heavy (non-hydrogen) atoms. The molecule has 0 aromatic carbocycles. The first-order valence-electron chi connectivity index (χ1n) is 9.96. The highest BCUT2D eigenvalue weighted by Gasteiger charge is 2.45. The highest BCUT2D eigenvalue weighted by atomic mass is 16.6. The number of piperidine rings is 1. The number of amides is 1. The van der Waals surface area contributed by atoms with E-state index in [0.717, 1.165) is 23.3 Å². The van der Waals surface area contributed by atoms with Crippen molar-refractivity contribution in [2.24, 2.45) is 4.99 Å². The van der Waals surface area contributed by atoms with Gasteiger partial charge in [-0.05, 0) is 59.1 Å². The molecule has 2 aliphatic heterocycles. The minimum atomic E-state index is -0.609. The second-order valence-electron chi connectivity index (χ2n) is 8.76. The van der Waals surface area contributed by atoms with Gasteiger partial charge in [-0.1, -0.05) is 17.7 Å². The number of hydrogen-bond donors (Lipinski definition) is 1. The van der Waals surface area contributed by atoms with Gasteiger partial charge in [0.05, 0.1) is 29.9 Å². The molecular weight excluding hydrogens is 354 g/mol. The molecule has 1 aromatic rings. The molecule has 1 amide bonds. The third-order valence-corrected chi connectivity index (χ3v) is 5.31. The van der Waals surface area contributed by atoms with E-state index in [9.17, 15) is 9.90 Å². The van der Waals surface area contributed by atoms with Gasteiger partial charge >= 0.3 is 6.09 Å². The lowest BCUT2D eigenvalue weighted by Gasteiger charge is -2.46. The van der Waals surface area contributed by atoms with Crippen molar-refractivity contribution in [3.05, 3.63) is 41.2 Å². The van der Waals surface area contributed by atoms with Crippen LogP contribution in [0.3, 0.4) is 0 Å². The summed E-state index contributed by atoms with van der Waals surface area (Å²) in [7, 11) is 0. The second kappa shape index (κ2) is 8.03. The monoisotopic (exact) mass is 385 g/mol. The third kappa shape index (κ3) is 4.43. The Morgan fingerprint density at radius 3 is 2.68 bits per heavy atom. The SMILES string of the molecule is CC1=CCC=N[C@H]1[C@H]1C[C@@H](O)C[C@@H](c2ncccc2C)N1C(=O)OC(C)(C)C. The maximum absolute atomic E-state index is 13.3. The molecule has 1 aromatic heterocycles. The topological polar surface area (TPSA) is 75.0 Å². The molecule has 1 N–H and O–H groups in total. The predicted octanol–water partition coefficient (Wildman–Crippen LogP) is 3.98. The molecule has 4 atom stereocenters. The number of dihydropyridines is 1. The van der Waals surface area contributed by atoms with Crippen molar-refractivity contribution in [1.29, 1.82) is 0 Å². The van der Waals surface area contributed by atoms with E-state index >= 15 is 0 Å². The van der Waals surface area contributed by atoms with Crippen molar-refractivity contribution in [3.63, 3.8) is 0 Å². The van der Waals surface area contributed by atoms with Crippen LogP contribution >= 0.6 is 0 Å². The van der Waals surface area contributed by atoms with Gasteiger partial charge < -0.3 is 9.84 Å². The molecule has 0 bridgehead atoms. The molecule has 3 heterocycles. The Morgan fingerprint density at radius 1 is 1.29 bits per heavy atom. The highest BCUT2D eigenvalue weighted by Crippen LogP contribution is 2.39. The zero-order valence-corrected chi connectivity index (χ0v) is 17.4. The van der Waals surface area contributed by atoms with E-state index in [4.69, 9.17) is 4.74 Å². The molecule has 3 rings (SSSR count). The zero-order valence-electron chi connectivity index (χ0n) is 17.4. The van der Waals surface area contributed by atoms with Gasteiger partial charge in [-0.15, -0.1) is 0 Å². The predicted molar refractivity (Wildman–Crippen MR) is 109 cm³/mol. The van der Waals surface area contributed by atoms with E-state index in [-0.39, 0.29) is 24.2 Å². The van der Waals surface area contributed by atoms with Crippen LogP contribution in [0.25, 0.3) is 0 Å². The highest BCUT2D eigenvalue weighted by molar-refractivity contribution is 5.70. The number of ether oxygens (including phenoxy) is 1. The van der Waals surface area contributed by atoms with Gasteiger partial charge in [0.1, 0.15) is 5.60 Å². The minimum absolute atomic E-state index is 0.178. The Balaban J connectivity index is 2.05. The molecule has 1 fully saturated rings. The largest absolute Gasteiger partial charge is 0.444 e. The van der Waals surface area contributed by atoms with Crippen LogP contribution in [-0.2, 0) is 4.74 Å². The van der Waals surface area contributed by atoms with E-state index in [1.54, 1.807) is 11.1 Å². The smallest absolute Gasteiger partial charge is 0.411 e.